The maximum atomic E-state index is 6.27. The SMILES string of the molecule is Cc1ccc2c(c1)Oc1cc(C)ccc1B2c1c(C)cccc1C. The van der Waals surface area contributed by atoms with Crippen molar-refractivity contribution in [2.75, 3.05) is 0 Å². The zero-order valence-electron chi connectivity index (χ0n) is 14.7. The van der Waals surface area contributed by atoms with E-state index in [4.69, 9.17) is 4.74 Å². The fraction of sp³-hybridized carbons (Fsp3) is 0.182. The average Bonchev–Trinajstić information content (AvgIpc) is 2.53. The number of fused-ring (bicyclic) bond motifs is 2. The van der Waals surface area contributed by atoms with E-state index in [1.807, 2.05) is 0 Å². The first-order valence-electron chi connectivity index (χ1n) is 8.49. The molecule has 118 valence electrons. The highest BCUT2D eigenvalue weighted by Gasteiger charge is 2.33. The Labute approximate surface area is 144 Å². The van der Waals surface area contributed by atoms with Gasteiger partial charge in [0.2, 0.25) is 0 Å². The van der Waals surface area contributed by atoms with E-state index in [1.54, 1.807) is 0 Å². The van der Waals surface area contributed by atoms with Crippen molar-refractivity contribution in [1.29, 1.82) is 0 Å². The zero-order chi connectivity index (χ0) is 16.8. The first kappa shape index (κ1) is 15.1. The topological polar surface area (TPSA) is 9.23 Å². The Kier molecular flexibility index (Phi) is 3.49. The summed E-state index contributed by atoms with van der Waals surface area (Å²) in [6.45, 7) is 8.87. The number of aryl methyl sites for hydroxylation is 4. The lowest BCUT2D eigenvalue weighted by Gasteiger charge is -2.29. The van der Waals surface area contributed by atoms with Crippen molar-refractivity contribution in [2.24, 2.45) is 0 Å². The Hall–Kier alpha value is -2.48. The summed E-state index contributed by atoms with van der Waals surface area (Å²) >= 11 is 0. The highest BCUT2D eigenvalue weighted by Crippen LogP contribution is 2.26. The van der Waals surface area contributed by atoms with Gasteiger partial charge in [-0.3, -0.25) is 0 Å². The number of rotatable bonds is 1. The molecule has 0 N–H and O–H groups in total. The van der Waals surface area contributed by atoms with Gasteiger partial charge in [0, 0.05) is 0 Å². The Morgan fingerprint density at radius 3 is 1.67 bits per heavy atom. The molecule has 1 heterocycles. The van der Waals surface area contributed by atoms with Crippen molar-refractivity contribution >= 4 is 23.1 Å². The van der Waals surface area contributed by atoms with Crippen LogP contribution in [0.25, 0.3) is 0 Å². The van der Waals surface area contributed by atoms with Crippen molar-refractivity contribution in [3.8, 4) is 11.5 Å². The van der Waals surface area contributed by atoms with Crippen LogP contribution in [-0.2, 0) is 0 Å². The third-order valence-corrected chi connectivity index (χ3v) is 5.01. The van der Waals surface area contributed by atoms with Crippen molar-refractivity contribution < 1.29 is 4.74 Å². The van der Waals surface area contributed by atoms with Crippen molar-refractivity contribution in [2.45, 2.75) is 27.7 Å². The van der Waals surface area contributed by atoms with E-state index in [1.165, 1.54) is 38.6 Å². The molecule has 3 aromatic rings. The van der Waals surface area contributed by atoms with E-state index in [0.29, 0.717) is 0 Å². The molecular formula is C22H21BO. The van der Waals surface area contributed by atoms with Gasteiger partial charge in [0.1, 0.15) is 11.5 Å². The molecule has 0 unspecified atom stereocenters. The minimum atomic E-state index is 0.228. The molecule has 0 fully saturated rings. The van der Waals surface area contributed by atoms with Crippen LogP contribution >= 0.6 is 0 Å². The molecule has 0 aliphatic carbocycles. The van der Waals surface area contributed by atoms with Gasteiger partial charge >= 0.3 is 0 Å². The van der Waals surface area contributed by atoms with E-state index >= 15 is 0 Å². The molecule has 1 nitrogen and oxygen atoms in total. The first-order chi connectivity index (χ1) is 11.5. The third kappa shape index (κ3) is 2.34. The van der Waals surface area contributed by atoms with Crippen LogP contribution in [0.1, 0.15) is 22.3 Å². The lowest BCUT2D eigenvalue weighted by atomic mass is 9.34. The Morgan fingerprint density at radius 1 is 0.667 bits per heavy atom. The Balaban J connectivity index is 2.03. The second kappa shape index (κ2) is 5.56. The molecule has 4 rings (SSSR count). The summed E-state index contributed by atoms with van der Waals surface area (Å²) in [5, 5.41) is 0. The molecule has 0 atom stereocenters. The summed E-state index contributed by atoms with van der Waals surface area (Å²) in [6.07, 6.45) is 0. The van der Waals surface area contributed by atoms with Crippen LogP contribution in [0.3, 0.4) is 0 Å². The summed E-state index contributed by atoms with van der Waals surface area (Å²) in [5.74, 6) is 1.97. The minimum absolute atomic E-state index is 0.228. The molecule has 0 spiro atoms. The van der Waals surface area contributed by atoms with Crippen LogP contribution in [0.4, 0.5) is 0 Å². The standard InChI is InChI=1S/C22H21BO/c1-14-8-10-18-20(12-14)24-21-13-15(2)9-11-19(21)23(18)22-16(3)6-5-7-17(22)4/h5-13H,1-4H3. The van der Waals surface area contributed by atoms with Crippen molar-refractivity contribution in [3.63, 3.8) is 0 Å². The van der Waals surface area contributed by atoms with Gasteiger partial charge in [0.15, 0.2) is 0 Å². The van der Waals surface area contributed by atoms with Gasteiger partial charge in [-0.25, -0.2) is 0 Å². The van der Waals surface area contributed by atoms with Gasteiger partial charge in [-0.1, -0.05) is 59.1 Å². The quantitative estimate of drug-likeness (QED) is 0.489. The number of hydrogen-bond acceptors (Lipinski definition) is 1. The van der Waals surface area contributed by atoms with Crippen LogP contribution in [0, 0.1) is 27.7 Å². The molecule has 0 radical (unpaired) electrons. The maximum Gasteiger partial charge on any atom is 0.251 e. The molecule has 2 heteroatoms. The van der Waals surface area contributed by atoms with Crippen LogP contribution in [-0.4, -0.2) is 6.71 Å². The number of ether oxygens (including phenoxy) is 1. The highest BCUT2D eigenvalue weighted by molar-refractivity contribution is 6.97. The summed E-state index contributed by atoms with van der Waals surface area (Å²) in [6, 6.07) is 19.7. The lowest BCUT2D eigenvalue weighted by Crippen LogP contribution is -2.56. The summed E-state index contributed by atoms with van der Waals surface area (Å²) < 4.78 is 6.27. The molecular weight excluding hydrogens is 291 g/mol. The van der Waals surface area contributed by atoms with Gasteiger partial charge in [-0.15, -0.1) is 0 Å². The average molecular weight is 312 g/mol. The fourth-order valence-corrected chi connectivity index (χ4v) is 3.82. The molecule has 1 aliphatic rings. The van der Waals surface area contributed by atoms with Crippen LogP contribution < -0.4 is 21.1 Å². The van der Waals surface area contributed by atoms with Crippen molar-refractivity contribution in [1.82, 2.24) is 0 Å². The number of benzene rings is 3. The molecule has 0 bridgehead atoms. The highest BCUT2D eigenvalue weighted by atomic mass is 16.5. The van der Waals surface area contributed by atoms with Gasteiger partial charge in [-0.05, 0) is 61.9 Å². The third-order valence-electron chi connectivity index (χ3n) is 5.01. The van der Waals surface area contributed by atoms with E-state index in [9.17, 15) is 0 Å². The summed E-state index contributed by atoms with van der Waals surface area (Å²) in [7, 11) is 0. The van der Waals surface area contributed by atoms with E-state index in [2.05, 4.69) is 82.3 Å². The monoisotopic (exact) mass is 312 g/mol. The number of hydrogen-bond donors (Lipinski definition) is 0. The Morgan fingerprint density at radius 2 is 1.17 bits per heavy atom. The normalized spacial score (nSPS) is 12.4. The van der Waals surface area contributed by atoms with E-state index < -0.39 is 0 Å². The van der Waals surface area contributed by atoms with Crippen LogP contribution in [0.5, 0.6) is 11.5 Å². The molecule has 0 saturated heterocycles. The molecule has 3 aromatic carbocycles. The van der Waals surface area contributed by atoms with Gasteiger partial charge in [0.05, 0.1) is 0 Å². The minimum Gasteiger partial charge on any atom is -0.458 e. The molecule has 24 heavy (non-hydrogen) atoms. The summed E-state index contributed by atoms with van der Waals surface area (Å²) in [5.41, 5.74) is 9.04. The zero-order valence-corrected chi connectivity index (χ0v) is 14.7. The lowest BCUT2D eigenvalue weighted by molar-refractivity contribution is 0.486. The summed E-state index contributed by atoms with van der Waals surface area (Å²) in [4.78, 5) is 0. The predicted octanol–water partition coefficient (Wildman–Crippen LogP) is 3.54. The van der Waals surface area contributed by atoms with E-state index in [-0.39, 0.29) is 6.71 Å². The molecule has 0 aromatic heterocycles. The predicted molar refractivity (Wildman–Crippen MR) is 103 cm³/mol. The largest absolute Gasteiger partial charge is 0.458 e. The molecule has 0 saturated carbocycles. The second-order valence-electron chi connectivity index (χ2n) is 6.92. The fourth-order valence-electron chi connectivity index (χ4n) is 3.82. The van der Waals surface area contributed by atoms with Gasteiger partial charge < -0.3 is 4.74 Å². The molecule has 1 aliphatic heterocycles. The van der Waals surface area contributed by atoms with Crippen LogP contribution in [0.2, 0.25) is 0 Å². The smallest absolute Gasteiger partial charge is 0.251 e. The Bertz CT molecular complexity index is 871. The molecule has 0 amide bonds. The first-order valence-corrected chi connectivity index (χ1v) is 8.49. The van der Waals surface area contributed by atoms with Gasteiger partial charge in [-0.2, -0.15) is 0 Å². The van der Waals surface area contributed by atoms with Crippen LogP contribution in [0.15, 0.2) is 54.6 Å². The maximum absolute atomic E-state index is 6.27. The second-order valence-corrected chi connectivity index (χ2v) is 6.92. The van der Waals surface area contributed by atoms with Gasteiger partial charge in [0.25, 0.3) is 6.71 Å². The van der Waals surface area contributed by atoms with E-state index in [0.717, 1.165) is 11.5 Å². The van der Waals surface area contributed by atoms with Crippen molar-refractivity contribution in [3.05, 3.63) is 76.9 Å².